The summed E-state index contributed by atoms with van der Waals surface area (Å²) in [5, 5.41) is 0. The second-order valence-electron chi connectivity index (χ2n) is 7.09. The van der Waals surface area contributed by atoms with Gasteiger partial charge in [0.15, 0.2) is 0 Å². The average Bonchev–Trinajstić information content (AvgIpc) is 2.86. The Labute approximate surface area is 122 Å². The van der Waals surface area contributed by atoms with Crippen molar-refractivity contribution in [2.45, 2.75) is 57.4 Å². The van der Waals surface area contributed by atoms with Crippen molar-refractivity contribution < 1.29 is 9.53 Å². The van der Waals surface area contributed by atoms with E-state index in [1.165, 1.54) is 19.3 Å². The van der Waals surface area contributed by atoms with Gasteiger partial charge < -0.3 is 15.4 Å². The second kappa shape index (κ2) is 6.02. The number of ether oxygens (including phenoxy) is 1. The van der Waals surface area contributed by atoms with E-state index < -0.39 is 0 Å². The van der Waals surface area contributed by atoms with Gasteiger partial charge in [0.2, 0.25) is 5.91 Å². The van der Waals surface area contributed by atoms with Crippen molar-refractivity contribution in [2.24, 2.45) is 17.1 Å². The quantitative estimate of drug-likeness (QED) is 0.841. The third kappa shape index (κ3) is 3.01. The molecule has 4 heteroatoms. The molecule has 2 aliphatic heterocycles. The molecule has 3 aliphatic rings. The lowest BCUT2D eigenvalue weighted by molar-refractivity contribution is -0.132. The number of rotatable bonds is 2. The molecule has 20 heavy (non-hydrogen) atoms. The van der Waals surface area contributed by atoms with Gasteiger partial charge in [0.1, 0.15) is 0 Å². The Kier molecular flexibility index (Phi) is 4.32. The molecule has 2 saturated heterocycles. The highest BCUT2D eigenvalue weighted by Crippen LogP contribution is 2.40. The van der Waals surface area contributed by atoms with Crippen molar-refractivity contribution in [1.82, 2.24) is 4.90 Å². The minimum Gasteiger partial charge on any atom is -0.381 e. The fraction of sp³-hybridized carbons (Fsp3) is 0.938. The zero-order valence-corrected chi connectivity index (χ0v) is 12.5. The van der Waals surface area contributed by atoms with Crippen molar-refractivity contribution in [3.8, 4) is 0 Å². The van der Waals surface area contributed by atoms with Crippen LogP contribution in [0.15, 0.2) is 0 Å². The Hall–Kier alpha value is -0.610. The minimum atomic E-state index is 0.243. The standard InChI is InChI=1S/C16H28N2O2/c17-14-4-2-1-3-13(14)11-15(19)18-8-5-16(12-18)6-9-20-10-7-16/h13-14H,1-12,17H2. The van der Waals surface area contributed by atoms with Crippen LogP contribution in [0.25, 0.3) is 0 Å². The number of hydrogen-bond acceptors (Lipinski definition) is 3. The Morgan fingerprint density at radius 2 is 1.95 bits per heavy atom. The fourth-order valence-electron chi connectivity index (χ4n) is 4.20. The molecule has 1 spiro atoms. The Bertz CT molecular complexity index is 352. The number of amides is 1. The van der Waals surface area contributed by atoms with Crippen LogP contribution in [-0.4, -0.2) is 43.2 Å². The maximum Gasteiger partial charge on any atom is 0.222 e. The van der Waals surface area contributed by atoms with Crippen molar-refractivity contribution >= 4 is 5.91 Å². The first kappa shape index (κ1) is 14.3. The zero-order valence-electron chi connectivity index (χ0n) is 12.5. The van der Waals surface area contributed by atoms with Gasteiger partial charge in [-0.25, -0.2) is 0 Å². The van der Waals surface area contributed by atoms with Crippen LogP contribution in [0.5, 0.6) is 0 Å². The lowest BCUT2D eigenvalue weighted by Crippen LogP contribution is -2.39. The van der Waals surface area contributed by atoms with Crippen molar-refractivity contribution in [3.63, 3.8) is 0 Å². The summed E-state index contributed by atoms with van der Waals surface area (Å²) in [6.45, 7) is 3.64. The number of nitrogens with zero attached hydrogens (tertiary/aromatic N) is 1. The molecule has 0 aromatic carbocycles. The molecule has 2 unspecified atom stereocenters. The van der Waals surface area contributed by atoms with Gasteiger partial charge in [-0.3, -0.25) is 4.79 Å². The highest BCUT2D eigenvalue weighted by molar-refractivity contribution is 5.77. The summed E-state index contributed by atoms with van der Waals surface area (Å²) >= 11 is 0. The summed E-state index contributed by atoms with van der Waals surface area (Å²) < 4.78 is 5.47. The largest absolute Gasteiger partial charge is 0.381 e. The number of carbonyl (C=O) groups is 1. The summed E-state index contributed by atoms with van der Waals surface area (Å²) in [7, 11) is 0. The smallest absolute Gasteiger partial charge is 0.222 e. The van der Waals surface area contributed by atoms with E-state index in [0.29, 0.717) is 23.7 Å². The first-order valence-corrected chi connectivity index (χ1v) is 8.30. The van der Waals surface area contributed by atoms with E-state index in [0.717, 1.165) is 52.0 Å². The van der Waals surface area contributed by atoms with E-state index in [-0.39, 0.29) is 6.04 Å². The molecule has 1 saturated carbocycles. The Morgan fingerprint density at radius 3 is 2.70 bits per heavy atom. The summed E-state index contributed by atoms with van der Waals surface area (Å²) in [4.78, 5) is 14.6. The molecule has 3 rings (SSSR count). The summed E-state index contributed by atoms with van der Waals surface area (Å²) in [5.74, 6) is 0.762. The molecule has 1 amide bonds. The van der Waals surface area contributed by atoms with Crippen molar-refractivity contribution in [2.75, 3.05) is 26.3 Å². The van der Waals surface area contributed by atoms with E-state index in [1.807, 2.05) is 0 Å². The number of carbonyl (C=O) groups excluding carboxylic acids is 1. The molecule has 1 aliphatic carbocycles. The van der Waals surface area contributed by atoms with Crippen LogP contribution in [0.3, 0.4) is 0 Å². The first-order valence-electron chi connectivity index (χ1n) is 8.30. The lowest BCUT2D eigenvalue weighted by atomic mass is 9.79. The molecule has 2 N–H and O–H groups in total. The molecule has 4 nitrogen and oxygen atoms in total. The van der Waals surface area contributed by atoms with E-state index in [9.17, 15) is 4.79 Å². The van der Waals surface area contributed by atoms with Gasteiger partial charge in [0.05, 0.1) is 0 Å². The molecule has 2 atom stereocenters. The normalized spacial score (nSPS) is 33.5. The van der Waals surface area contributed by atoms with Gasteiger partial charge in [0.25, 0.3) is 0 Å². The summed E-state index contributed by atoms with van der Waals surface area (Å²) in [6, 6.07) is 0.243. The minimum absolute atomic E-state index is 0.243. The highest BCUT2D eigenvalue weighted by atomic mass is 16.5. The third-order valence-electron chi connectivity index (χ3n) is 5.75. The average molecular weight is 280 g/mol. The molecule has 0 radical (unpaired) electrons. The highest BCUT2D eigenvalue weighted by Gasteiger charge is 2.41. The van der Waals surface area contributed by atoms with Crippen molar-refractivity contribution in [3.05, 3.63) is 0 Å². The summed E-state index contributed by atoms with van der Waals surface area (Å²) in [5.41, 5.74) is 6.54. The molecule has 0 aromatic heterocycles. The van der Waals surface area contributed by atoms with Crippen LogP contribution in [0, 0.1) is 11.3 Å². The van der Waals surface area contributed by atoms with E-state index >= 15 is 0 Å². The topological polar surface area (TPSA) is 55.6 Å². The molecule has 114 valence electrons. The lowest BCUT2D eigenvalue weighted by Gasteiger charge is -2.33. The van der Waals surface area contributed by atoms with Crippen LogP contribution in [0.1, 0.15) is 51.4 Å². The van der Waals surface area contributed by atoms with Gasteiger partial charge >= 0.3 is 0 Å². The summed E-state index contributed by atoms with van der Waals surface area (Å²) in [6.07, 6.45) is 8.80. The first-order chi connectivity index (χ1) is 9.69. The third-order valence-corrected chi connectivity index (χ3v) is 5.75. The van der Waals surface area contributed by atoms with Gasteiger partial charge in [-0.2, -0.15) is 0 Å². The van der Waals surface area contributed by atoms with Gasteiger partial charge in [-0.05, 0) is 43.4 Å². The molecule has 3 fully saturated rings. The number of nitrogens with two attached hydrogens (primary N) is 1. The predicted molar refractivity (Wildman–Crippen MR) is 78.2 cm³/mol. The van der Waals surface area contributed by atoms with Crippen LogP contribution >= 0.6 is 0 Å². The predicted octanol–water partition coefficient (Wildman–Crippen LogP) is 1.92. The number of hydrogen-bond donors (Lipinski definition) is 1. The zero-order chi connectivity index (χ0) is 14.0. The second-order valence-corrected chi connectivity index (χ2v) is 7.09. The van der Waals surface area contributed by atoms with Crippen LogP contribution in [0.2, 0.25) is 0 Å². The van der Waals surface area contributed by atoms with Crippen molar-refractivity contribution in [1.29, 1.82) is 0 Å². The molecule has 0 bridgehead atoms. The Morgan fingerprint density at radius 1 is 1.20 bits per heavy atom. The van der Waals surface area contributed by atoms with Crippen LogP contribution in [0.4, 0.5) is 0 Å². The SMILES string of the molecule is NC1CCCCC1CC(=O)N1CCC2(CCOCC2)C1. The maximum absolute atomic E-state index is 12.5. The molecule has 0 aromatic rings. The van der Waals surface area contributed by atoms with Crippen LogP contribution in [-0.2, 0) is 9.53 Å². The molecule has 2 heterocycles. The van der Waals surface area contributed by atoms with E-state index in [1.54, 1.807) is 0 Å². The Balaban J connectivity index is 1.53. The molecular formula is C16H28N2O2. The van der Waals surface area contributed by atoms with Gasteiger partial charge in [-0.1, -0.05) is 12.8 Å². The number of likely N-dealkylation sites (tertiary alicyclic amines) is 1. The van der Waals surface area contributed by atoms with E-state index in [4.69, 9.17) is 10.5 Å². The fourth-order valence-corrected chi connectivity index (χ4v) is 4.20. The van der Waals surface area contributed by atoms with Crippen LogP contribution < -0.4 is 5.73 Å². The van der Waals surface area contributed by atoms with E-state index in [2.05, 4.69) is 4.90 Å². The van der Waals surface area contributed by atoms with Gasteiger partial charge in [0, 0.05) is 38.8 Å². The maximum atomic E-state index is 12.5. The monoisotopic (exact) mass is 280 g/mol. The molecular weight excluding hydrogens is 252 g/mol. The van der Waals surface area contributed by atoms with Gasteiger partial charge in [-0.15, -0.1) is 0 Å².